The number of halogens is 1. The molecule has 63 heavy (non-hydrogen) atoms. The first-order chi connectivity index (χ1) is 30.3. The maximum atomic E-state index is 14.0. The van der Waals surface area contributed by atoms with E-state index in [2.05, 4.69) is 10.6 Å². The van der Waals surface area contributed by atoms with E-state index in [1.807, 2.05) is 6.92 Å². The lowest BCUT2D eigenvalue weighted by Gasteiger charge is -2.36. The van der Waals surface area contributed by atoms with Crippen LogP contribution in [0.3, 0.4) is 0 Å². The molecule has 0 atom stereocenters. The van der Waals surface area contributed by atoms with Crippen LogP contribution >= 0.6 is 11.6 Å². The third kappa shape index (κ3) is 8.99. The lowest BCUT2D eigenvalue weighted by atomic mass is 9.77. The highest BCUT2D eigenvalue weighted by molar-refractivity contribution is 7.92. The van der Waals surface area contributed by atoms with Gasteiger partial charge in [0.1, 0.15) is 40.2 Å². The summed E-state index contributed by atoms with van der Waals surface area (Å²) in [4.78, 5) is 39.4. The Morgan fingerprint density at radius 3 is 2.08 bits per heavy atom. The molecule has 0 unspecified atom stereocenters. The Bertz CT molecular complexity index is 2600. The number of hydrogen-bond acceptors (Lipinski definition) is 12. The van der Waals surface area contributed by atoms with Crippen LogP contribution in [-0.4, -0.2) is 76.9 Å². The van der Waals surface area contributed by atoms with E-state index in [9.17, 15) is 33.0 Å². The van der Waals surface area contributed by atoms with Gasteiger partial charge in [-0.3, -0.25) is 13.9 Å². The highest BCUT2D eigenvalue weighted by Crippen LogP contribution is 2.57. The fourth-order valence-corrected chi connectivity index (χ4v) is 9.42. The molecule has 0 bridgehead atoms. The van der Waals surface area contributed by atoms with Crippen LogP contribution in [0.4, 0.5) is 5.69 Å². The number of unbranched alkanes of at least 4 members (excludes halogenated alkanes) is 2. The van der Waals surface area contributed by atoms with Crippen molar-refractivity contribution in [1.29, 1.82) is 0 Å². The van der Waals surface area contributed by atoms with Crippen LogP contribution in [0, 0.1) is 0 Å². The fourth-order valence-electron chi connectivity index (χ4n) is 7.69. The highest BCUT2D eigenvalue weighted by atomic mass is 35.5. The quantitative estimate of drug-likeness (QED) is 0.0502. The van der Waals surface area contributed by atoms with E-state index in [1.54, 1.807) is 36.4 Å². The highest BCUT2D eigenvalue weighted by Gasteiger charge is 2.53. The molecule has 17 heteroatoms. The van der Waals surface area contributed by atoms with Crippen LogP contribution in [0.15, 0.2) is 95.9 Å². The molecule has 0 aliphatic carbocycles. The number of carbonyl (C=O) groups excluding carboxylic acids is 3. The molecule has 0 aromatic heterocycles. The van der Waals surface area contributed by atoms with E-state index >= 15 is 0 Å². The molecule has 2 heterocycles. The molecule has 2 aliphatic heterocycles. The standard InChI is InChI=1S/C46H46ClN3O12S/c1-4-60-31-13-15-32(16-14-31)63(56,57)50(38-27-41(58-2)37(47)26-42(38)59-3)22-8-21-48-43(53)9-6-5-7-20-49-44(54)28-10-17-34-33(23-28)45(55)62-46(34)35-18-11-29(51)24-39(35)61-40-25-30(52)12-19-36(40)46/h10-19,23-27,51-52H,4-9,20-22H2,1-3H3,(H,48,53)(H,49,54). The number of nitrogens with one attached hydrogen (secondary N) is 2. The summed E-state index contributed by atoms with van der Waals surface area (Å²) in [6, 6.07) is 22.8. The minimum Gasteiger partial charge on any atom is -0.508 e. The number of sulfonamides is 1. The van der Waals surface area contributed by atoms with Gasteiger partial charge in [0.15, 0.2) is 5.60 Å². The molecule has 2 amide bonds. The minimum atomic E-state index is -4.12. The zero-order valence-electron chi connectivity index (χ0n) is 34.7. The molecule has 5 aromatic rings. The maximum absolute atomic E-state index is 14.0. The van der Waals surface area contributed by atoms with E-state index in [0.29, 0.717) is 54.9 Å². The van der Waals surface area contributed by atoms with Gasteiger partial charge in [-0.05, 0) is 86.8 Å². The van der Waals surface area contributed by atoms with Crippen LogP contribution < -0.4 is 33.9 Å². The molecular weight excluding hydrogens is 854 g/mol. The average molecular weight is 900 g/mol. The van der Waals surface area contributed by atoms with Gasteiger partial charge in [-0.2, -0.15) is 0 Å². The van der Waals surface area contributed by atoms with Crippen molar-refractivity contribution in [2.75, 3.05) is 44.8 Å². The summed E-state index contributed by atoms with van der Waals surface area (Å²) >= 11 is 6.33. The summed E-state index contributed by atoms with van der Waals surface area (Å²) in [5, 5.41) is 26.3. The molecule has 0 saturated carbocycles. The zero-order chi connectivity index (χ0) is 44.9. The number of fused-ring (bicyclic) bond motifs is 6. The van der Waals surface area contributed by atoms with Crippen LogP contribution in [0.5, 0.6) is 40.2 Å². The third-order valence-electron chi connectivity index (χ3n) is 10.7. The Kier molecular flexibility index (Phi) is 13.2. The number of methoxy groups -OCH3 is 2. The lowest BCUT2D eigenvalue weighted by molar-refractivity contribution is -0.121. The number of phenols is 2. The van der Waals surface area contributed by atoms with Gasteiger partial charge in [0.2, 0.25) is 5.91 Å². The van der Waals surface area contributed by atoms with Gasteiger partial charge in [-0.15, -0.1) is 0 Å². The van der Waals surface area contributed by atoms with Crippen molar-refractivity contribution in [3.8, 4) is 40.2 Å². The Labute approximate surface area is 369 Å². The molecule has 5 aromatic carbocycles. The van der Waals surface area contributed by atoms with Gasteiger partial charge < -0.3 is 44.5 Å². The van der Waals surface area contributed by atoms with Gasteiger partial charge in [-0.25, -0.2) is 13.2 Å². The lowest BCUT2D eigenvalue weighted by Crippen LogP contribution is -2.34. The number of ether oxygens (including phenoxy) is 5. The summed E-state index contributed by atoms with van der Waals surface area (Å²) in [7, 11) is -1.28. The van der Waals surface area contributed by atoms with Crippen molar-refractivity contribution in [1.82, 2.24) is 10.6 Å². The number of esters is 1. The first-order valence-electron chi connectivity index (χ1n) is 20.3. The SMILES string of the molecule is CCOc1ccc(S(=O)(=O)N(CCCNC(=O)CCCCCNC(=O)c2ccc3c(c2)C(=O)OC32c3ccc(O)cc3Oc3cc(O)ccc32)c2cc(OC)c(Cl)cc2OC)cc1. The minimum absolute atomic E-state index is 0.00337. The maximum Gasteiger partial charge on any atom is 0.340 e. The number of nitrogens with zero attached hydrogens (tertiary/aromatic N) is 1. The smallest absolute Gasteiger partial charge is 0.340 e. The van der Waals surface area contributed by atoms with Crippen molar-refractivity contribution < 1.29 is 56.7 Å². The van der Waals surface area contributed by atoms with Crippen molar-refractivity contribution >= 4 is 45.1 Å². The molecule has 330 valence electrons. The van der Waals surface area contributed by atoms with Crippen LogP contribution in [0.1, 0.15) is 76.4 Å². The first-order valence-corrected chi connectivity index (χ1v) is 22.1. The second-order valence-electron chi connectivity index (χ2n) is 14.7. The number of carbonyl (C=O) groups is 3. The monoisotopic (exact) mass is 899 g/mol. The van der Waals surface area contributed by atoms with Gasteiger partial charge in [0, 0.05) is 72.6 Å². The fraction of sp³-hybridized carbons (Fsp3) is 0.283. The number of benzene rings is 5. The average Bonchev–Trinajstić information content (AvgIpc) is 3.55. The van der Waals surface area contributed by atoms with Gasteiger partial charge in [0.05, 0.1) is 42.0 Å². The van der Waals surface area contributed by atoms with Crippen LogP contribution in [-0.2, 0) is 25.2 Å². The topological polar surface area (TPSA) is 199 Å². The summed E-state index contributed by atoms with van der Waals surface area (Å²) in [5.74, 6) is 0.172. The van der Waals surface area contributed by atoms with Crippen molar-refractivity contribution in [2.45, 2.75) is 49.5 Å². The van der Waals surface area contributed by atoms with E-state index in [-0.39, 0.29) is 99.0 Å². The molecule has 0 saturated heterocycles. The largest absolute Gasteiger partial charge is 0.508 e. The molecule has 0 fully saturated rings. The summed E-state index contributed by atoms with van der Waals surface area (Å²) in [6.07, 6.45) is 2.29. The Morgan fingerprint density at radius 2 is 1.43 bits per heavy atom. The summed E-state index contributed by atoms with van der Waals surface area (Å²) in [5.41, 5.74) is 0.675. The molecular formula is C46H46ClN3O12S. The predicted octanol–water partition coefficient (Wildman–Crippen LogP) is 7.43. The number of aromatic hydroxyl groups is 2. The Hall–Kier alpha value is -6.65. The molecule has 2 aliphatic rings. The van der Waals surface area contributed by atoms with Crippen LogP contribution in [0.2, 0.25) is 5.02 Å². The number of hydrogen-bond donors (Lipinski definition) is 4. The molecule has 15 nitrogen and oxygen atoms in total. The number of anilines is 1. The van der Waals surface area contributed by atoms with Crippen molar-refractivity contribution in [3.63, 3.8) is 0 Å². The zero-order valence-corrected chi connectivity index (χ0v) is 36.3. The van der Waals surface area contributed by atoms with E-state index in [4.69, 9.17) is 35.3 Å². The first kappa shape index (κ1) is 44.4. The molecule has 7 rings (SSSR count). The van der Waals surface area contributed by atoms with E-state index < -0.39 is 21.6 Å². The van der Waals surface area contributed by atoms with Gasteiger partial charge in [0.25, 0.3) is 15.9 Å². The third-order valence-corrected chi connectivity index (χ3v) is 12.8. The molecule has 4 N–H and O–H groups in total. The second kappa shape index (κ2) is 18.8. The summed E-state index contributed by atoms with van der Waals surface area (Å²) < 4.78 is 57.8. The van der Waals surface area contributed by atoms with Crippen molar-refractivity contribution in [2.24, 2.45) is 0 Å². The number of rotatable bonds is 18. The number of phenolic OH excluding ortho intramolecular Hbond substituents is 2. The van der Waals surface area contributed by atoms with E-state index in [0.717, 1.165) is 0 Å². The second-order valence-corrected chi connectivity index (χ2v) is 17.0. The predicted molar refractivity (Wildman–Crippen MR) is 233 cm³/mol. The van der Waals surface area contributed by atoms with Gasteiger partial charge in [-0.1, -0.05) is 24.1 Å². The van der Waals surface area contributed by atoms with Gasteiger partial charge >= 0.3 is 5.97 Å². The number of amides is 2. The van der Waals surface area contributed by atoms with E-state index in [1.165, 1.54) is 73.1 Å². The van der Waals surface area contributed by atoms with Crippen molar-refractivity contribution in [3.05, 3.63) is 124 Å². The van der Waals surface area contributed by atoms with Crippen LogP contribution in [0.25, 0.3) is 0 Å². The molecule has 0 radical (unpaired) electrons. The Balaban J connectivity index is 0.909. The Morgan fingerprint density at radius 1 is 0.778 bits per heavy atom. The molecule has 1 spiro atoms. The summed E-state index contributed by atoms with van der Waals surface area (Å²) in [6.45, 7) is 2.79. The normalized spacial score (nSPS) is 13.2.